The van der Waals surface area contributed by atoms with Crippen LogP contribution in [0.3, 0.4) is 0 Å². The first-order chi connectivity index (χ1) is 9.91. The van der Waals surface area contributed by atoms with Crippen LogP contribution in [0.2, 0.25) is 0 Å². The fourth-order valence-corrected chi connectivity index (χ4v) is 3.18. The molecule has 0 heterocycles. The predicted octanol–water partition coefficient (Wildman–Crippen LogP) is 4.29. The number of rotatable bonds is 11. The summed E-state index contributed by atoms with van der Waals surface area (Å²) in [5, 5.41) is 0. The van der Waals surface area contributed by atoms with Gasteiger partial charge >= 0.3 is 0 Å². The third-order valence-electron chi connectivity index (χ3n) is 4.37. The van der Waals surface area contributed by atoms with E-state index >= 15 is 0 Å². The molecule has 0 rings (SSSR count). The Balaban J connectivity index is 5.49. The van der Waals surface area contributed by atoms with Gasteiger partial charge in [-0.25, -0.2) is 0 Å². The highest BCUT2D eigenvalue weighted by Crippen LogP contribution is 2.34. The van der Waals surface area contributed by atoms with Gasteiger partial charge in [0, 0.05) is 12.6 Å². The standard InChI is InChI=1S/C17H34N2OS/c1-6-10-13-19(14(5)9-4)16(20)17(11-7-2,12-8-3)15(18)21/h14H,6-13H2,1-5H3,(H2,18,21). The molecule has 1 unspecified atom stereocenters. The molecule has 0 aromatic rings. The number of carbonyl (C=O) groups excluding carboxylic acids is 1. The number of carbonyl (C=O) groups is 1. The molecule has 1 amide bonds. The second-order valence-corrected chi connectivity index (χ2v) is 6.50. The van der Waals surface area contributed by atoms with Crippen molar-refractivity contribution in [1.29, 1.82) is 0 Å². The molecule has 0 aliphatic carbocycles. The molecule has 0 aromatic carbocycles. The molecule has 0 saturated carbocycles. The molecule has 2 N–H and O–H groups in total. The van der Waals surface area contributed by atoms with Crippen molar-refractivity contribution in [2.75, 3.05) is 6.54 Å². The van der Waals surface area contributed by atoms with E-state index in [1.165, 1.54) is 0 Å². The fourth-order valence-electron chi connectivity index (χ4n) is 2.89. The Labute approximate surface area is 136 Å². The van der Waals surface area contributed by atoms with Gasteiger partial charge in [-0.3, -0.25) is 4.79 Å². The molecule has 0 aliphatic heterocycles. The maximum absolute atomic E-state index is 13.3. The van der Waals surface area contributed by atoms with Crippen LogP contribution >= 0.6 is 12.2 Å². The molecule has 0 bridgehead atoms. The smallest absolute Gasteiger partial charge is 0.235 e. The summed E-state index contributed by atoms with van der Waals surface area (Å²) in [5.41, 5.74) is 5.39. The monoisotopic (exact) mass is 314 g/mol. The average Bonchev–Trinajstić information content (AvgIpc) is 2.46. The highest BCUT2D eigenvalue weighted by atomic mass is 32.1. The van der Waals surface area contributed by atoms with E-state index in [1.54, 1.807) is 0 Å². The minimum absolute atomic E-state index is 0.154. The van der Waals surface area contributed by atoms with Crippen LogP contribution in [0.4, 0.5) is 0 Å². The third-order valence-corrected chi connectivity index (χ3v) is 4.76. The Bertz CT molecular complexity index is 325. The SMILES string of the molecule is CCCCN(C(=O)C(CCC)(CCC)C(N)=S)C(C)CC. The van der Waals surface area contributed by atoms with Gasteiger partial charge in [0.05, 0.1) is 10.4 Å². The van der Waals surface area contributed by atoms with E-state index in [2.05, 4.69) is 34.6 Å². The van der Waals surface area contributed by atoms with Gasteiger partial charge in [0.15, 0.2) is 0 Å². The minimum Gasteiger partial charge on any atom is -0.392 e. The van der Waals surface area contributed by atoms with Crippen molar-refractivity contribution >= 4 is 23.1 Å². The van der Waals surface area contributed by atoms with E-state index in [0.717, 1.165) is 51.5 Å². The number of hydrogen-bond acceptors (Lipinski definition) is 2. The Morgan fingerprint density at radius 3 is 2.00 bits per heavy atom. The van der Waals surface area contributed by atoms with Gasteiger partial charge < -0.3 is 10.6 Å². The zero-order valence-corrected chi connectivity index (χ0v) is 15.4. The van der Waals surface area contributed by atoms with Gasteiger partial charge in [-0.15, -0.1) is 0 Å². The van der Waals surface area contributed by atoms with Gasteiger partial charge in [0.1, 0.15) is 0 Å². The first-order valence-corrected chi connectivity index (χ1v) is 8.92. The highest BCUT2D eigenvalue weighted by Gasteiger charge is 2.43. The third kappa shape index (κ3) is 5.24. The second-order valence-electron chi connectivity index (χ2n) is 6.06. The Morgan fingerprint density at radius 2 is 1.67 bits per heavy atom. The van der Waals surface area contributed by atoms with Crippen molar-refractivity contribution in [3.63, 3.8) is 0 Å². The van der Waals surface area contributed by atoms with Crippen LogP contribution < -0.4 is 5.73 Å². The number of thiocarbonyl (C=S) groups is 1. The summed E-state index contributed by atoms with van der Waals surface area (Å²) in [5.74, 6) is 0.154. The molecule has 124 valence electrons. The van der Waals surface area contributed by atoms with Crippen LogP contribution in [0.1, 0.15) is 79.6 Å². The topological polar surface area (TPSA) is 46.3 Å². The molecule has 0 aromatic heterocycles. The molecule has 3 nitrogen and oxygen atoms in total. The van der Waals surface area contributed by atoms with Crippen molar-refractivity contribution in [1.82, 2.24) is 4.90 Å². The Morgan fingerprint density at radius 1 is 1.14 bits per heavy atom. The van der Waals surface area contributed by atoms with Crippen LogP contribution in [0.5, 0.6) is 0 Å². The normalized spacial score (nSPS) is 13.0. The number of amides is 1. The molecule has 0 aliphatic rings. The lowest BCUT2D eigenvalue weighted by Crippen LogP contribution is -2.53. The molecule has 4 heteroatoms. The summed E-state index contributed by atoms with van der Waals surface area (Å²) in [6.45, 7) is 11.4. The average molecular weight is 315 g/mol. The first kappa shape index (κ1) is 20.4. The quantitative estimate of drug-likeness (QED) is 0.579. The number of nitrogens with two attached hydrogens (primary N) is 1. The number of nitrogens with zero attached hydrogens (tertiary/aromatic N) is 1. The summed E-state index contributed by atoms with van der Waals surface area (Å²) >= 11 is 5.32. The minimum atomic E-state index is -0.643. The molecule has 21 heavy (non-hydrogen) atoms. The Hall–Kier alpha value is -0.640. The summed E-state index contributed by atoms with van der Waals surface area (Å²) in [7, 11) is 0. The van der Waals surface area contributed by atoms with Crippen molar-refractivity contribution in [3.8, 4) is 0 Å². The van der Waals surface area contributed by atoms with Gasteiger partial charge in [-0.2, -0.15) is 0 Å². The van der Waals surface area contributed by atoms with Gasteiger partial charge in [0.2, 0.25) is 5.91 Å². The van der Waals surface area contributed by atoms with Crippen LogP contribution in [-0.2, 0) is 4.79 Å². The van der Waals surface area contributed by atoms with Gasteiger partial charge in [-0.05, 0) is 32.6 Å². The molecule has 1 atom stereocenters. The lowest BCUT2D eigenvalue weighted by atomic mass is 9.77. The molecular weight excluding hydrogens is 280 g/mol. The molecule has 0 radical (unpaired) electrons. The van der Waals surface area contributed by atoms with E-state index in [9.17, 15) is 4.79 Å². The molecule has 0 saturated heterocycles. The predicted molar refractivity (Wildman–Crippen MR) is 95.4 cm³/mol. The van der Waals surface area contributed by atoms with Crippen LogP contribution in [0.25, 0.3) is 0 Å². The fraction of sp³-hybridized carbons (Fsp3) is 0.882. The van der Waals surface area contributed by atoms with Crippen LogP contribution in [-0.4, -0.2) is 28.4 Å². The van der Waals surface area contributed by atoms with Crippen molar-refractivity contribution in [2.24, 2.45) is 11.1 Å². The summed E-state index contributed by atoms with van der Waals surface area (Å²) in [6, 6.07) is 0.242. The highest BCUT2D eigenvalue weighted by molar-refractivity contribution is 7.80. The van der Waals surface area contributed by atoms with E-state index in [1.807, 2.05) is 4.90 Å². The van der Waals surface area contributed by atoms with E-state index in [-0.39, 0.29) is 11.9 Å². The summed E-state index contributed by atoms with van der Waals surface area (Å²) < 4.78 is 0. The van der Waals surface area contributed by atoms with Crippen molar-refractivity contribution in [3.05, 3.63) is 0 Å². The summed E-state index contributed by atoms with van der Waals surface area (Å²) in [4.78, 5) is 15.6. The lowest BCUT2D eigenvalue weighted by molar-refractivity contribution is -0.141. The van der Waals surface area contributed by atoms with Crippen LogP contribution in [0, 0.1) is 5.41 Å². The van der Waals surface area contributed by atoms with Crippen molar-refractivity contribution < 1.29 is 4.79 Å². The van der Waals surface area contributed by atoms with Crippen molar-refractivity contribution in [2.45, 2.75) is 85.6 Å². The molecular formula is C17H34N2OS. The maximum Gasteiger partial charge on any atom is 0.235 e. The van der Waals surface area contributed by atoms with Crippen LogP contribution in [0.15, 0.2) is 0 Å². The number of hydrogen-bond donors (Lipinski definition) is 1. The second kappa shape index (κ2) is 10.1. The molecule has 0 spiro atoms. The Kier molecular flexibility index (Phi) is 9.84. The summed E-state index contributed by atoms with van der Waals surface area (Å²) in [6.07, 6.45) is 6.43. The zero-order valence-electron chi connectivity index (χ0n) is 14.6. The van der Waals surface area contributed by atoms with Gasteiger partial charge in [-0.1, -0.05) is 59.2 Å². The largest absolute Gasteiger partial charge is 0.392 e. The maximum atomic E-state index is 13.3. The van der Waals surface area contributed by atoms with E-state index < -0.39 is 5.41 Å². The van der Waals surface area contributed by atoms with E-state index in [4.69, 9.17) is 18.0 Å². The van der Waals surface area contributed by atoms with Gasteiger partial charge in [0.25, 0.3) is 0 Å². The zero-order chi connectivity index (χ0) is 16.5. The molecule has 0 fully saturated rings. The number of unbranched alkanes of at least 4 members (excludes halogenated alkanes) is 1. The van der Waals surface area contributed by atoms with E-state index in [0.29, 0.717) is 4.99 Å². The first-order valence-electron chi connectivity index (χ1n) is 8.52. The lowest BCUT2D eigenvalue weighted by Gasteiger charge is -2.39.